The van der Waals surface area contributed by atoms with Gasteiger partial charge in [0.2, 0.25) is 0 Å². The second kappa shape index (κ2) is 7.06. The van der Waals surface area contributed by atoms with Crippen LogP contribution in [0.25, 0.3) is 55.1 Å². The summed E-state index contributed by atoms with van der Waals surface area (Å²) in [6, 6.07) is 36.7. The van der Waals surface area contributed by atoms with Gasteiger partial charge in [0.1, 0.15) is 5.82 Å². The van der Waals surface area contributed by atoms with Gasteiger partial charge in [-0.05, 0) is 49.7 Å². The van der Waals surface area contributed by atoms with E-state index in [-0.39, 0.29) is 0 Å². The molecule has 3 nitrogen and oxygen atoms in total. The van der Waals surface area contributed by atoms with Crippen molar-refractivity contribution in [3.8, 4) is 11.5 Å². The highest BCUT2D eigenvalue weighted by molar-refractivity contribution is 6.10. The summed E-state index contributed by atoms with van der Waals surface area (Å²) in [4.78, 5) is 5.19. The summed E-state index contributed by atoms with van der Waals surface area (Å²) < 4.78 is 4.66. The lowest BCUT2D eigenvalue weighted by Gasteiger charge is -2.17. The van der Waals surface area contributed by atoms with E-state index in [1.165, 1.54) is 49.2 Å². The van der Waals surface area contributed by atoms with Crippen molar-refractivity contribution in [3.05, 3.63) is 114 Å². The summed E-state index contributed by atoms with van der Waals surface area (Å²) >= 11 is 0. The maximum atomic E-state index is 5.19. The molecule has 3 aromatic heterocycles. The van der Waals surface area contributed by atoms with Gasteiger partial charge in [-0.3, -0.25) is 4.57 Å². The third-order valence-electron chi connectivity index (χ3n) is 6.96. The number of hydrogen-bond donors (Lipinski definition) is 0. The first-order valence-electron chi connectivity index (χ1n) is 11.7. The van der Waals surface area contributed by atoms with Crippen molar-refractivity contribution in [3.63, 3.8) is 0 Å². The lowest BCUT2D eigenvalue weighted by molar-refractivity contribution is 0.998. The minimum atomic E-state index is 0.955. The molecule has 0 aliphatic heterocycles. The summed E-state index contributed by atoms with van der Waals surface area (Å²) in [6.07, 6.45) is 0. The number of nitrogens with zero attached hydrogens (tertiary/aromatic N) is 3. The Bertz CT molecular complexity index is 1750. The van der Waals surface area contributed by atoms with Crippen LogP contribution in [-0.2, 0) is 0 Å². The highest BCUT2D eigenvalue weighted by Gasteiger charge is 2.18. The van der Waals surface area contributed by atoms with Crippen molar-refractivity contribution in [2.45, 2.75) is 13.8 Å². The third-order valence-corrected chi connectivity index (χ3v) is 6.96. The summed E-state index contributed by atoms with van der Waals surface area (Å²) in [5, 5.41) is 5.04. The van der Waals surface area contributed by atoms with Crippen molar-refractivity contribution >= 4 is 43.6 Å². The molecule has 3 heterocycles. The zero-order valence-electron chi connectivity index (χ0n) is 19.2. The quantitative estimate of drug-likeness (QED) is 0.270. The van der Waals surface area contributed by atoms with Crippen LogP contribution in [0.2, 0.25) is 0 Å². The molecule has 0 fully saturated rings. The van der Waals surface area contributed by atoms with Crippen LogP contribution in [0.1, 0.15) is 11.3 Å². The monoisotopic (exact) mass is 437 g/mol. The maximum Gasteiger partial charge on any atom is 0.138 e. The van der Waals surface area contributed by atoms with Crippen LogP contribution in [0, 0.1) is 13.8 Å². The summed E-state index contributed by atoms with van der Waals surface area (Å²) in [7, 11) is 0. The number of pyridine rings is 1. The predicted octanol–water partition coefficient (Wildman–Crippen LogP) is 7.89. The molecule has 7 rings (SSSR count). The highest BCUT2D eigenvalue weighted by atomic mass is 15.1. The van der Waals surface area contributed by atoms with Gasteiger partial charge in [0.15, 0.2) is 0 Å². The standard InChI is InChI=1S/C31H23N3/c1-20-19-30(33-26-15-7-3-11-22(26)23-12-4-8-16-27(23)33)32-21(2)31(20)34-28-17-9-5-13-24(28)25-14-6-10-18-29(25)34/h3-19H,1-2H3. The van der Waals surface area contributed by atoms with E-state index >= 15 is 0 Å². The molecule has 0 N–H and O–H groups in total. The van der Waals surface area contributed by atoms with Crippen molar-refractivity contribution in [1.82, 2.24) is 14.1 Å². The molecule has 0 spiro atoms. The van der Waals surface area contributed by atoms with Crippen molar-refractivity contribution in [2.75, 3.05) is 0 Å². The molecule has 0 saturated carbocycles. The van der Waals surface area contributed by atoms with Crippen LogP contribution in [0.15, 0.2) is 103 Å². The highest BCUT2D eigenvalue weighted by Crippen LogP contribution is 2.36. The third kappa shape index (κ3) is 2.55. The minimum Gasteiger partial charge on any atom is -0.307 e. The van der Waals surface area contributed by atoms with E-state index in [0.717, 1.165) is 17.2 Å². The first-order chi connectivity index (χ1) is 16.7. The van der Waals surface area contributed by atoms with Crippen LogP contribution >= 0.6 is 0 Å². The second-order valence-electron chi connectivity index (χ2n) is 8.97. The Morgan fingerprint density at radius 1 is 0.500 bits per heavy atom. The van der Waals surface area contributed by atoms with Gasteiger partial charge in [-0.15, -0.1) is 0 Å². The van der Waals surface area contributed by atoms with E-state index < -0.39 is 0 Å². The number of rotatable bonds is 2. The van der Waals surface area contributed by atoms with Crippen LogP contribution in [0.4, 0.5) is 0 Å². The molecule has 0 aliphatic rings. The molecule has 0 atom stereocenters. The van der Waals surface area contributed by atoms with Crippen LogP contribution in [-0.4, -0.2) is 14.1 Å². The van der Waals surface area contributed by atoms with Gasteiger partial charge in [-0.25, -0.2) is 4.98 Å². The zero-order chi connectivity index (χ0) is 22.8. The van der Waals surface area contributed by atoms with Gasteiger partial charge in [0.05, 0.1) is 33.4 Å². The number of aryl methyl sites for hydroxylation is 2. The molecule has 7 aromatic rings. The Morgan fingerprint density at radius 3 is 1.29 bits per heavy atom. The normalized spacial score (nSPS) is 11.8. The van der Waals surface area contributed by atoms with Crippen LogP contribution in [0.5, 0.6) is 0 Å². The topological polar surface area (TPSA) is 22.8 Å². The van der Waals surface area contributed by atoms with E-state index in [9.17, 15) is 0 Å². The Morgan fingerprint density at radius 2 is 0.882 bits per heavy atom. The van der Waals surface area contributed by atoms with Crippen molar-refractivity contribution in [2.24, 2.45) is 0 Å². The van der Waals surface area contributed by atoms with E-state index in [2.05, 4.69) is 126 Å². The van der Waals surface area contributed by atoms with Crippen LogP contribution in [0.3, 0.4) is 0 Å². The number of aromatic nitrogens is 3. The van der Waals surface area contributed by atoms with E-state index in [1.807, 2.05) is 0 Å². The second-order valence-corrected chi connectivity index (χ2v) is 8.97. The molecular formula is C31H23N3. The predicted molar refractivity (Wildman–Crippen MR) is 142 cm³/mol. The van der Waals surface area contributed by atoms with Gasteiger partial charge in [0, 0.05) is 21.5 Å². The fourth-order valence-corrected chi connectivity index (χ4v) is 5.59. The van der Waals surface area contributed by atoms with Crippen LogP contribution < -0.4 is 0 Å². The lowest BCUT2D eigenvalue weighted by atomic mass is 10.1. The van der Waals surface area contributed by atoms with E-state index in [4.69, 9.17) is 4.98 Å². The first-order valence-corrected chi connectivity index (χ1v) is 11.7. The zero-order valence-corrected chi connectivity index (χ0v) is 19.2. The summed E-state index contributed by atoms with van der Waals surface area (Å²) in [6.45, 7) is 4.33. The largest absolute Gasteiger partial charge is 0.307 e. The molecule has 0 aliphatic carbocycles. The Kier molecular flexibility index (Phi) is 3.97. The fourth-order valence-electron chi connectivity index (χ4n) is 5.59. The van der Waals surface area contributed by atoms with Gasteiger partial charge >= 0.3 is 0 Å². The Labute approximate surface area is 197 Å². The maximum absolute atomic E-state index is 5.19. The summed E-state index contributed by atoms with van der Waals surface area (Å²) in [5.41, 5.74) is 8.16. The van der Waals surface area contributed by atoms with Gasteiger partial charge < -0.3 is 4.57 Å². The van der Waals surface area contributed by atoms with Gasteiger partial charge in [-0.1, -0.05) is 72.8 Å². The molecule has 0 saturated heterocycles. The molecule has 0 radical (unpaired) electrons. The number of hydrogen-bond acceptors (Lipinski definition) is 1. The summed E-state index contributed by atoms with van der Waals surface area (Å²) in [5.74, 6) is 0.955. The molecule has 0 bridgehead atoms. The van der Waals surface area contributed by atoms with Gasteiger partial charge in [-0.2, -0.15) is 0 Å². The smallest absolute Gasteiger partial charge is 0.138 e. The molecule has 4 aromatic carbocycles. The number of fused-ring (bicyclic) bond motifs is 6. The lowest BCUT2D eigenvalue weighted by Crippen LogP contribution is -2.06. The van der Waals surface area contributed by atoms with Gasteiger partial charge in [0.25, 0.3) is 0 Å². The average molecular weight is 438 g/mol. The average Bonchev–Trinajstić information content (AvgIpc) is 3.37. The minimum absolute atomic E-state index is 0.955. The van der Waals surface area contributed by atoms with Crippen molar-refractivity contribution in [1.29, 1.82) is 0 Å². The number of para-hydroxylation sites is 4. The molecule has 0 unspecified atom stereocenters. The molecule has 3 heteroatoms. The number of benzene rings is 4. The first kappa shape index (κ1) is 19.1. The molecular weight excluding hydrogens is 414 g/mol. The van der Waals surface area contributed by atoms with E-state index in [1.54, 1.807) is 0 Å². The SMILES string of the molecule is Cc1cc(-n2c3ccccc3c3ccccc32)nc(C)c1-n1c2ccccc2c2ccccc21. The fraction of sp³-hybridized carbons (Fsp3) is 0.0645. The Hall–Kier alpha value is -4.37. The van der Waals surface area contributed by atoms with E-state index in [0.29, 0.717) is 0 Å². The molecule has 34 heavy (non-hydrogen) atoms. The Balaban J connectivity index is 1.54. The molecule has 162 valence electrons. The van der Waals surface area contributed by atoms with Crippen molar-refractivity contribution < 1.29 is 0 Å². The molecule has 0 amide bonds.